The van der Waals surface area contributed by atoms with Gasteiger partial charge in [-0.3, -0.25) is 14.0 Å². The molecule has 6 rings (SSSR count). The molecule has 230 valence electrons. The van der Waals surface area contributed by atoms with Gasteiger partial charge in [0.05, 0.1) is 6.42 Å². The van der Waals surface area contributed by atoms with Crippen LogP contribution in [-0.2, 0) is 21.4 Å². The Labute approximate surface area is 255 Å². The van der Waals surface area contributed by atoms with E-state index < -0.39 is 27.8 Å². The first kappa shape index (κ1) is 29.7. The van der Waals surface area contributed by atoms with Crippen molar-refractivity contribution in [2.45, 2.75) is 69.9 Å². The first-order chi connectivity index (χ1) is 21.0. The zero-order chi connectivity index (χ0) is 31.3. The number of primary amides is 1. The van der Waals surface area contributed by atoms with E-state index >= 15 is 0 Å². The van der Waals surface area contributed by atoms with Crippen LogP contribution in [0.25, 0.3) is 5.65 Å². The third-order valence-electron chi connectivity index (χ3n) is 8.94. The van der Waals surface area contributed by atoms with E-state index in [-0.39, 0.29) is 42.0 Å². The van der Waals surface area contributed by atoms with E-state index in [9.17, 15) is 23.1 Å². The van der Waals surface area contributed by atoms with Gasteiger partial charge in [0.15, 0.2) is 5.65 Å². The van der Waals surface area contributed by atoms with Crippen LogP contribution in [0.5, 0.6) is 0 Å². The second-order valence-corrected chi connectivity index (χ2v) is 13.6. The molecule has 13 heteroatoms. The lowest BCUT2D eigenvalue weighted by Crippen LogP contribution is -2.45. The molecule has 2 atom stereocenters. The molecule has 0 spiro atoms. The molecule has 0 radical (unpaired) electrons. The van der Waals surface area contributed by atoms with E-state index in [0.717, 1.165) is 52.9 Å². The summed E-state index contributed by atoms with van der Waals surface area (Å²) in [4.78, 5) is 30.5. The summed E-state index contributed by atoms with van der Waals surface area (Å²) in [6.07, 6.45) is 4.35. The number of hydrogen-bond acceptors (Lipinski definition) is 8. The molecule has 3 N–H and O–H groups in total. The van der Waals surface area contributed by atoms with Crippen molar-refractivity contribution < 1.29 is 23.1 Å². The van der Waals surface area contributed by atoms with E-state index in [1.165, 1.54) is 16.4 Å². The molecule has 4 aromatic rings. The Morgan fingerprint density at radius 1 is 1.09 bits per heavy atom. The zero-order valence-electron chi connectivity index (χ0n) is 24.9. The second kappa shape index (κ2) is 11.3. The number of nitrogens with zero attached hydrogens (tertiary/aromatic N) is 6. The number of carbonyl (C=O) groups is 2. The van der Waals surface area contributed by atoms with Gasteiger partial charge in [-0.15, -0.1) is 10.2 Å². The summed E-state index contributed by atoms with van der Waals surface area (Å²) in [5.74, 6) is -1.13. The lowest BCUT2D eigenvalue weighted by atomic mass is 9.85. The molecule has 2 aliphatic heterocycles. The molecule has 1 fully saturated rings. The van der Waals surface area contributed by atoms with Crippen molar-refractivity contribution in [3.8, 4) is 0 Å². The normalized spacial score (nSPS) is 18.8. The number of nitrogens with two attached hydrogens (primary N) is 1. The number of piperidine rings is 1. The third kappa shape index (κ3) is 5.19. The standard InChI is InChI=1S/C31H35N7O5S/c1-18-7-8-21(25(15-28(39)40)24-11-13-37-20(3)34-35-30(37)19(24)2)14-22(18)16-36-17-23-6-4-5-12-38(23)31-27(44(36,42)43)10-9-26(33-31)29(32)41/h7-11,13-14,23,25H,4-6,12,15-17H2,1-3H3,(H2,32,41)(H,39,40)/t23-,25-/m0/s1. The van der Waals surface area contributed by atoms with Crippen LogP contribution in [0.4, 0.5) is 5.82 Å². The van der Waals surface area contributed by atoms with Crippen LogP contribution >= 0.6 is 0 Å². The van der Waals surface area contributed by atoms with Crippen molar-refractivity contribution in [3.63, 3.8) is 0 Å². The Balaban J connectivity index is 1.41. The van der Waals surface area contributed by atoms with Crippen molar-refractivity contribution in [2.75, 3.05) is 18.0 Å². The van der Waals surface area contributed by atoms with Crippen molar-refractivity contribution in [1.29, 1.82) is 0 Å². The number of amides is 1. The average Bonchev–Trinajstić information content (AvgIpc) is 3.34. The van der Waals surface area contributed by atoms with Crippen molar-refractivity contribution in [1.82, 2.24) is 23.9 Å². The predicted octanol–water partition coefficient (Wildman–Crippen LogP) is 3.32. The number of aryl methyl sites for hydroxylation is 3. The Morgan fingerprint density at radius 2 is 1.89 bits per heavy atom. The molecule has 2 aliphatic rings. The van der Waals surface area contributed by atoms with Gasteiger partial charge < -0.3 is 15.7 Å². The zero-order valence-corrected chi connectivity index (χ0v) is 25.7. The molecule has 5 heterocycles. The maximum atomic E-state index is 14.2. The van der Waals surface area contributed by atoms with Gasteiger partial charge in [-0.25, -0.2) is 13.4 Å². The van der Waals surface area contributed by atoms with Crippen LogP contribution in [0.1, 0.15) is 75.7 Å². The molecule has 3 aromatic heterocycles. The van der Waals surface area contributed by atoms with E-state index in [2.05, 4.69) is 15.2 Å². The van der Waals surface area contributed by atoms with E-state index in [4.69, 9.17) is 5.73 Å². The Morgan fingerprint density at radius 3 is 2.64 bits per heavy atom. The van der Waals surface area contributed by atoms with E-state index in [1.54, 1.807) is 0 Å². The number of aliphatic carboxylic acids is 1. The topological polar surface area (TPSA) is 164 Å². The van der Waals surface area contributed by atoms with Crippen LogP contribution < -0.4 is 10.6 Å². The molecule has 12 nitrogen and oxygen atoms in total. The number of benzene rings is 1. The summed E-state index contributed by atoms with van der Waals surface area (Å²) in [6.45, 7) is 6.69. The quantitative estimate of drug-likeness (QED) is 0.317. The van der Waals surface area contributed by atoms with Crippen LogP contribution in [0.3, 0.4) is 0 Å². The number of anilines is 1. The Kier molecular flexibility index (Phi) is 7.62. The lowest BCUT2D eigenvalue weighted by molar-refractivity contribution is -0.137. The second-order valence-electron chi connectivity index (χ2n) is 11.7. The number of carboxylic acids is 1. The van der Waals surface area contributed by atoms with Crippen molar-refractivity contribution in [3.05, 3.63) is 81.9 Å². The number of aromatic nitrogens is 4. The minimum atomic E-state index is -4.00. The summed E-state index contributed by atoms with van der Waals surface area (Å²) >= 11 is 0. The van der Waals surface area contributed by atoms with Crippen LogP contribution in [0.2, 0.25) is 0 Å². The SMILES string of the molecule is Cc1ccc([C@H](CC(=O)O)c2ccn3c(C)nnc3c2C)cc1CN1C[C@@H]2CCCCN2c2nc(C(N)=O)ccc2S1(=O)=O. The summed E-state index contributed by atoms with van der Waals surface area (Å²) in [6, 6.07) is 10.3. The summed E-state index contributed by atoms with van der Waals surface area (Å²) in [5.41, 5.74) is 10.3. The molecule has 0 saturated carbocycles. The highest BCUT2D eigenvalue weighted by atomic mass is 32.2. The number of carboxylic acid groups (broad SMARTS) is 1. The maximum Gasteiger partial charge on any atom is 0.304 e. The van der Waals surface area contributed by atoms with Crippen molar-refractivity contribution >= 4 is 33.4 Å². The number of pyridine rings is 2. The van der Waals surface area contributed by atoms with Gasteiger partial charge >= 0.3 is 5.97 Å². The van der Waals surface area contributed by atoms with Gasteiger partial charge in [0.2, 0.25) is 10.0 Å². The van der Waals surface area contributed by atoms with E-state index in [0.29, 0.717) is 12.2 Å². The summed E-state index contributed by atoms with van der Waals surface area (Å²) in [7, 11) is -4.00. The molecular formula is C31H35N7O5S. The highest BCUT2D eigenvalue weighted by Crippen LogP contribution is 2.37. The smallest absolute Gasteiger partial charge is 0.304 e. The number of carbonyl (C=O) groups excluding carboxylic acids is 1. The van der Waals surface area contributed by atoms with Gasteiger partial charge in [-0.2, -0.15) is 4.31 Å². The highest BCUT2D eigenvalue weighted by molar-refractivity contribution is 7.89. The van der Waals surface area contributed by atoms with E-state index in [1.807, 2.05) is 60.5 Å². The Hall–Kier alpha value is -4.36. The summed E-state index contributed by atoms with van der Waals surface area (Å²) in [5, 5.41) is 18.4. The van der Waals surface area contributed by atoms with Crippen LogP contribution in [-0.4, -0.2) is 68.4 Å². The number of hydrogen-bond donors (Lipinski definition) is 2. The third-order valence-corrected chi connectivity index (χ3v) is 10.8. The van der Waals surface area contributed by atoms with Gasteiger partial charge in [0.25, 0.3) is 5.91 Å². The summed E-state index contributed by atoms with van der Waals surface area (Å²) < 4.78 is 31.7. The minimum absolute atomic E-state index is 0.0273. The average molecular weight is 618 g/mol. The molecule has 1 saturated heterocycles. The van der Waals surface area contributed by atoms with Gasteiger partial charge in [0, 0.05) is 37.8 Å². The van der Waals surface area contributed by atoms with Crippen molar-refractivity contribution in [2.24, 2.45) is 5.73 Å². The highest BCUT2D eigenvalue weighted by Gasteiger charge is 2.40. The molecule has 1 amide bonds. The molecule has 1 aromatic carbocycles. The predicted molar refractivity (Wildman–Crippen MR) is 163 cm³/mol. The number of rotatable bonds is 7. The van der Waals surface area contributed by atoms with Gasteiger partial charge in [-0.05, 0) is 86.1 Å². The van der Waals surface area contributed by atoms with Gasteiger partial charge in [0.1, 0.15) is 22.2 Å². The first-order valence-corrected chi connectivity index (χ1v) is 16.1. The fraction of sp³-hybridized carbons (Fsp3) is 0.387. The Bertz CT molecular complexity index is 1900. The number of sulfonamides is 1. The molecule has 0 bridgehead atoms. The lowest BCUT2D eigenvalue weighted by Gasteiger charge is -2.36. The molecule has 0 unspecified atom stereocenters. The van der Waals surface area contributed by atoms with Crippen LogP contribution in [0, 0.1) is 20.8 Å². The molecule has 44 heavy (non-hydrogen) atoms. The number of fused-ring (bicyclic) bond motifs is 4. The monoisotopic (exact) mass is 617 g/mol. The maximum absolute atomic E-state index is 14.2. The fourth-order valence-corrected chi connectivity index (χ4v) is 8.10. The minimum Gasteiger partial charge on any atom is -0.481 e. The van der Waals surface area contributed by atoms with Gasteiger partial charge in [-0.1, -0.05) is 18.2 Å². The van der Waals surface area contributed by atoms with Crippen LogP contribution in [0.15, 0.2) is 47.5 Å². The largest absolute Gasteiger partial charge is 0.481 e. The molecule has 0 aliphatic carbocycles. The first-order valence-electron chi connectivity index (χ1n) is 14.7. The molecular weight excluding hydrogens is 582 g/mol. The fourth-order valence-electron chi connectivity index (χ4n) is 6.51.